The van der Waals surface area contributed by atoms with Gasteiger partial charge in [0.05, 0.1) is 16.6 Å². The fourth-order valence-corrected chi connectivity index (χ4v) is 3.51. The summed E-state index contributed by atoms with van der Waals surface area (Å²) in [5.74, 6) is 1.17. The van der Waals surface area contributed by atoms with E-state index in [2.05, 4.69) is 47.2 Å². The molecule has 0 spiro atoms. The molecule has 1 N–H and O–H groups in total. The first-order chi connectivity index (χ1) is 13.1. The molecule has 0 fully saturated rings. The van der Waals surface area contributed by atoms with Gasteiger partial charge in [0.2, 0.25) is 0 Å². The highest BCUT2D eigenvalue weighted by Crippen LogP contribution is 2.30. The van der Waals surface area contributed by atoms with Gasteiger partial charge in [-0.2, -0.15) is 5.26 Å². The van der Waals surface area contributed by atoms with Crippen LogP contribution in [0.3, 0.4) is 0 Å². The second-order valence-electron chi connectivity index (χ2n) is 6.35. The van der Waals surface area contributed by atoms with Crippen LogP contribution in [0.15, 0.2) is 69.0 Å². The monoisotopic (exact) mass is 371 g/mol. The molecule has 5 heteroatoms. The molecule has 2 aromatic carbocycles. The second kappa shape index (κ2) is 7.18. The highest BCUT2D eigenvalue weighted by molar-refractivity contribution is 7.99. The first-order valence-electron chi connectivity index (χ1n) is 8.53. The summed E-state index contributed by atoms with van der Waals surface area (Å²) in [6.45, 7) is 4.09. The molecule has 2 heterocycles. The van der Waals surface area contributed by atoms with Crippen molar-refractivity contribution in [2.75, 3.05) is 0 Å². The van der Waals surface area contributed by atoms with Gasteiger partial charge in [-0.25, -0.2) is 4.98 Å². The lowest BCUT2D eigenvalue weighted by molar-refractivity contribution is 0.466. The van der Waals surface area contributed by atoms with Crippen molar-refractivity contribution in [3.05, 3.63) is 77.3 Å². The van der Waals surface area contributed by atoms with Gasteiger partial charge < -0.3 is 9.40 Å². The Hall–Kier alpha value is -3.23. The minimum atomic E-state index is 0.435. The number of nitriles is 1. The van der Waals surface area contributed by atoms with E-state index in [4.69, 9.17) is 4.42 Å². The van der Waals surface area contributed by atoms with Crippen molar-refractivity contribution in [2.45, 2.75) is 23.8 Å². The molecule has 0 saturated carbocycles. The highest BCUT2D eigenvalue weighted by atomic mass is 32.2. The number of nitrogens with one attached hydrogen (secondary N) is 1. The number of hydrogen-bond acceptors (Lipinski definition) is 4. The molecule has 0 aliphatic rings. The number of aromatic amines is 1. The zero-order chi connectivity index (χ0) is 18.8. The molecule has 0 unspecified atom stereocenters. The quantitative estimate of drug-likeness (QED) is 0.448. The number of imidazole rings is 1. The number of rotatable bonds is 4. The Kier molecular flexibility index (Phi) is 4.57. The average molecular weight is 371 g/mol. The Bertz CT molecular complexity index is 1180. The number of H-pyrrole nitrogens is 1. The third-order valence-electron chi connectivity index (χ3n) is 4.14. The molecular weight excluding hydrogens is 354 g/mol. The van der Waals surface area contributed by atoms with Gasteiger partial charge in [0, 0.05) is 11.0 Å². The highest BCUT2D eigenvalue weighted by Gasteiger charge is 2.10. The molecule has 0 bridgehead atoms. The first kappa shape index (κ1) is 17.2. The number of nitrogens with zero attached hydrogens (tertiary/aromatic N) is 2. The molecule has 0 aliphatic carbocycles. The van der Waals surface area contributed by atoms with Crippen molar-refractivity contribution >= 4 is 34.4 Å². The van der Waals surface area contributed by atoms with Crippen LogP contribution in [0.4, 0.5) is 0 Å². The maximum absolute atomic E-state index is 9.56. The zero-order valence-electron chi connectivity index (χ0n) is 15.0. The summed E-state index contributed by atoms with van der Waals surface area (Å²) in [5.41, 5.74) is 4.56. The summed E-state index contributed by atoms with van der Waals surface area (Å²) in [6, 6.07) is 20.2. The van der Waals surface area contributed by atoms with Gasteiger partial charge in [0.1, 0.15) is 17.7 Å². The Balaban J connectivity index is 1.60. The third kappa shape index (κ3) is 3.81. The number of benzene rings is 2. The van der Waals surface area contributed by atoms with Gasteiger partial charge in [-0.15, -0.1) is 0 Å². The van der Waals surface area contributed by atoms with E-state index < -0.39 is 0 Å². The first-order valence-corrected chi connectivity index (χ1v) is 9.35. The van der Waals surface area contributed by atoms with E-state index in [9.17, 15) is 5.26 Å². The molecule has 4 nitrogen and oxygen atoms in total. The van der Waals surface area contributed by atoms with E-state index in [1.807, 2.05) is 37.3 Å². The van der Waals surface area contributed by atoms with Crippen LogP contribution in [0.2, 0.25) is 0 Å². The number of allylic oxidation sites excluding steroid dienone is 1. The Morgan fingerprint density at radius 2 is 1.85 bits per heavy atom. The van der Waals surface area contributed by atoms with Crippen LogP contribution in [0.5, 0.6) is 0 Å². The van der Waals surface area contributed by atoms with Crippen LogP contribution >= 0.6 is 11.8 Å². The molecule has 2 aromatic heterocycles. The van der Waals surface area contributed by atoms with Gasteiger partial charge in [0.25, 0.3) is 0 Å². The lowest BCUT2D eigenvalue weighted by atomic mass is 10.2. The Labute approximate surface area is 161 Å². The smallest absolute Gasteiger partial charge is 0.165 e. The third-order valence-corrected chi connectivity index (χ3v) is 5.07. The number of hydrogen-bond donors (Lipinski definition) is 1. The largest absolute Gasteiger partial charge is 0.450 e. The summed E-state index contributed by atoms with van der Waals surface area (Å²) in [6.07, 6.45) is 1.71. The molecule has 0 radical (unpaired) electrons. The molecule has 0 saturated heterocycles. The van der Waals surface area contributed by atoms with Gasteiger partial charge in [-0.1, -0.05) is 35.5 Å². The van der Waals surface area contributed by atoms with Crippen LogP contribution in [0.25, 0.3) is 22.7 Å². The van der Waals surface area contributed by atoms with Crippen molar-refractivity contribution in [1.82, 2.24) is 9.97 Å². The summed E-state index contributed by atoms with van der Waals surface area (Å²) >= 11 is 1.55. The maximum Gasteiger partial charge on any atom is 0.165 e. The maximum atomic E-state index is 9.56. The van der Waals surface area contributed by atoms with E-state index in [1.54, 1.807) is 17.8 Å². The van der Waals surface area contributed by atoms with Crippen molar-refractivity contribution in [2.24, 2.45) is 0 Å². The average Bonchev–Trinajstić information content (AvgIpc) is 3.27. The van der Waals surface area contributed by atoms with E-state index in [-0.39, 0.29) is 0 Å². The normalized spacial score (nSPS) is 11.7. The SMILES string of the molecule is Cc1ccc(Sc2ccc(C=C(C#N)c3nc4ccc(C)cc4[nH]3)o2)cc1. The van der Waals surface area contributed by atoms with Crippen molar-refractivity contribution in [1.29, 1.82) is 5.26 Å². The predicted molar refractivity (Wildman–Crippen MR) is 108 cm³/mol. The van der Waals surface area contributed by atoms with E-state index >= 15 is 0 Å². The van der Waals surface area contributed by atoms with Gasteiger partial charge in [-0.05, 0) is 55.8 Å². The van der Waals surface area contributed by atoms with Crippen LogP contribution in [-0.2, 0) is 0 Å². The Morgan fingerprint density at radius 1 is 1.07 bits per heavy atom. The molecule has 0 amide bonds. The van der Waals surface area contributed by atoms with Crippen LogP contribution < -0.4 is 0 Å². The molecule has 0 aliphatic heterocycles. The van der Waals surface area contributed by atoms with Crippen LogP contribution in [0.1, 0.15) is 22.7 Å². The molecule has 4 aromatic rings. The number of furan rings is 1. The van der Waals surface area contributed by atoms with Crippen molar-refractivity contribution in [3.8, 4) is 6.07 Å². The van der Waals surface area contributed by atoms with Gasteiger partial charge >= 0.3 is 0 Å². The van der Waals surface area contributed by atoms with Gasteiger partial charge in [-0.3, -0.25) is 0 Å². The summed E-state index contributed by atoms with van der Waals surface area (Å²) in [5, 5.41) is 10.3. The fraction of sp³-hybridized carbons (Fsp3) is 0.0909. The number of aryl methyl sites for hydroxylation is 2. The molecule has 132 valence electrons. The molecule has 0 atom stereocenters. The van der Waals surface area contributed by atoms with E-state index in [1.165, 1.54) is 5.56 Å². The summed E-state index contributed by atoms with van der Waals surface area (Å²) in [4.78, 5) is 8.83. The lowest BCUT2D eigenvalue weighted by Gasteiger charge is -1.98. The topological polar surface area (TPSA) is 65.6 Å². The van der Waals surface area contributed by atoms with Crippen LogP contribution in [0, 0.1) is 25.2 Å². The lowest BCUT2D eigenvalue weighted by Crippen LogP contribution is -1.84. The number of aromatic nitrogens is 2. The fourth-order valence-electron chi connectivity index (χ4n) is 2.74. The van der Waals surface area contributed by atoms with Gasteiger partial charge in [0.15, 0.2) is 5.09 Å². The summed E-state index contributed by atoms with van der Waals surface area (Å²) < 4.78 is 5.86. The minimum absolute atomic E-state index is 0.435. The van der Waals surface area contributed by atoms with Crippen LogP contribution in [-0.4, -0.2) is 9.97 Å². The van der Waals surface area contributed by atoms with E-state index in [0.29, 0.717) is 17.2 Å². The number of fused-ring (bicyclic) bond motifs is 1. The Morgan fingerprint density at radius 3 is 2.63 bits per heavy atom. The van der Waals surface area contributed by atoms with Crippen molar-refractivity contribution in [3.63, 3.8) is 0 Å². The zero-order valence-corrected chi connectivity index (χ0v) is 15.8. The standard InChI is InChI=1S/C22H17N3OS/c1-14-3-7-18(8-4-14)27-21-10-6-17(26-21)12-16(13-23)22-24-19-9-5-15(2)11-20(19)25-22/h3-12H,1-2H3,(H,24,25). The minimum Gasteiger partial charge on any atom is -0.450 e. The summed E-state index contributed by atoms with van der Waals surface area (Å²) in [7, 11) is 0. The van der Waals surface area contributed by atoms with Crippen molar-refractivity contribution < 1.29 is 4.42 Å². The van der Waals surface area contributed by atoms with E-state index in [0.717, 1.165) is 26.6 Å². The second-order valence-corrected chi connectivity index (χ2v) is 7.43. The molecule has 27 heavy (non-hydrogen) atoms. The molecule has 4 rings (SSSR count). The molecular formula is C22H17N3OS. The predicted octanol–water partition coefficient (Wildman–Crippen LogP) is 5.99.